The van der Waals surface area contributed by atoms with E-state index in [-0.39, 0.29) is 36.5 Å². The molecule has 3 aliphatic rings. The topological polar surface area (TPSA) is 134 Å². The van der Waals surface area contributed by atoms with Crippen LogP contribution in [0.4, 0.5) is 5.13 Å². The minimum atomic E-state index is -0.399. The number of fused-ring (bicyclic) bond motifs is 1. The van der Waals surface area contributed by atoms with Crippen LogP contribution in [0.2, 0.25) is 0 Å². The van der Waals surface area contributed by atoms with Gasteiger partial charge >= 0.3 is 0 Å². The van der Waals surface area contributed by atoms with Crippen molar-refractivity contribution < 1.29 is 19.4 Å². The maximum atomic E-state index is 13.1. The van der Waals surface area contributed by atoms with Gasteiger partial charge in [0.25, 0.3) is 5.91 Å². The number of hydrogen-bond donors (Lipinski definition) is 2. The molecule has 3 fully saturated rings. The lowest BCUT2D eigenvalue weighted by molar-refractivity contribution is -0.125. The number of pyridine rings is 1. The summed E-state index contributed by atoms with van der Waals surface area (Å²) in [4.78, 5) is 48.3. The molecule has 2 amide bonds. The number of ether oxygens (including phenoxy) is 1. The van der Waals surface area contributed by atoms with Gasteiger partial charge in [0.15, 0.2) is 11.0 Å². The highest BCUT2D eigenvalue weighted by atomic mass is 32.1. The van der Waals surface area contributed by atoms with E-state index in [9.17, 15) is 14.7 Å². The van der Waals surface area contributed by atoms with Crippen LogP contribution in [-0.4, -0.2) is 90.6 Å². The number of thiazole rings is 1. The van der Waals surface area contributed by atoms with Crippen LogP contribution < -0.4 is 5.32 Å². The largest absolute Gasteiger partial charge is 0.390 e. The van der Waals surface area contributed by atoms with Gasteiger partial charge in [0.1, 0.15) is 6.61 Å². The minimum Gasteiger partial charge on any atom is -0.390 e. The Balaban J connectivity index is 0.900. The summed E-state index contributed by atoms with van der Waals surface area (Å²) >= 11 is 1.46. The number of amides is 2. The number of aliphatic hydroxyl groups is 1. The van der Waals surface area contributed by atoms with E-state index in [0.29, 0.717) is 35.7 Å². The Morgan fingerprint density at radius 1 is 1.04 bits per heavy atom. The third-order valence-electron chi connectivity index (χ3n) is 9.58. The molecule has 12 heteroatoms. The summed E-state index contributed by atoms with van der Waals surface area (Å²) in [5.74, 6) is 0.587. The van der Waals surface area contributed by atoms with Crippen LogP contribution in [0.5, 0.6) is 0 Å². The molecule has 1 aromatic carbocycles. The molecule has 46 heavy (non-hydrogen) atoms. The first kappa shape index (κ1) is 30.8. The molecule has 0 bridgehead atoms. The normalized spacial score (nSPS) is 25.0. The van der Waals surface area contributed by atoms with Crippen LogP contribution in [0.3, 0.4) is 0 Å². The zero-order valence-corrected chi connectivity index (χ0v) is 26.9. The average molecular weight is 642 g/mol. The van der Waals surface area contributed by atoms with Crippen LogP contribution >= 0.6 is 11.3 Å². The van der Waals surface area contributed by atoms with E-state index in [1.165, 1.54) is 11.3 Å². The molecule has 3 atom stereocenters. The van der Waals surface area contributed by atoms with E-state index in [1.54, 1.807) is 18.6 Å². The number of nitrogens with zero attached hydrogens (tertiary/aromatic N) is 6. The second kappa shape index (κ2) is 13.1. The van der Waals surface area contributed by atoms with Gasteiger partial charge in [0, 0.05) is 67.5 Å². The molecule has 3 aromatic heterocycles. The third-order valence-corrected chi connectivity index (χ3v) is 10.5. The van der Waals surface area contributed by atoms with Gasteiger partial charge in [-0.2, -0.15) is 0 Å². The van der Waals surface area contributed by atoms with E-state index in [2.05, 4.69) is 37.1 Å². The molecule has 1 saturated heterocycles. The predicted molar refractivity (Wildman–Crippen MR) is 175 cm³/mol. The molecule has 2 saturated carbocycles. The lowest BCUT2D eigenvalue weighted by Crippen LogP contribution is -2.60. The van der Waals surface area contributed by atoms with Gasteiger partial charge in [0.05, 0.1) is 28.0 Å². The fourth-order valence-electron chi connectivity index (χ4n) is 6.77. The highest BCUT2D eigenvalue weighted by molar-refractivity contribution is 7.22. The number of hydrogen-bond acceptors (Lipinski definition) is 10. The van der Waals surface area contributed by atoms with Gasteiger partial charge in [-0.25, -0.2) is 15.0 Å². The van der Waals surface area contributed by atoms with Gasteiger partial charge in [-0.05, 0) is 75.8 Å². The van der Waals surface area contributed by atoms with Crippen LogP contribution in [0.25, 0.3) is 21.3 Å². The first-order valence-electron chi connectivity index (χ1n) is 16.1. The Kier molecular flexibility index (Phi) is 8.78. The van der Waals surface area contributed by atoms with Crippen LogP contribution in [0.15, 0.2) is 48.9 Å². The van der Waals surface area contributed by atoms with Crippen LogP contribution in [-0.2, 0) is 16.1 Å². The lowest BCUT2D eigenvalue weighted by atomic mass is 9.78. The van der Waals surface area contributed by atoms with E-state index in [0.717, 1.165) is 65.7 Å². The molecule has 4 aromatic rings. The summed E-state index contributed by atoms with van der Waals surface area (Å²) in [5.41, 5.74) is 4.22. The van der Waals surface area contributed by atoms with Gasteiger partial charge in [-0.15, -0.1) is 0 Å². The number of aliphatic hydroxyl groups excluding tert-OH is 1. The minimum absolute atomic E-state index is 0.0141. The average Bonchev–Trinajstić information content (AvgIpc) is 3.64. The third kappa shape index (κ3) is 6.52. The summed E-state index contributed by atoms with van der Waals surface area (Å²) in [6.07, 6.45) is 8.95. The predicted octanol–water partition coefficient (Wildman–Crippen LogP) is 4.45. The fourth-order valence-corrected chi connectivity index (χ4v) is 7.68. The van der Waals surface area contributed by atoms with Crippen molar-refractivity contribution in [3.05, 3.63) is 66.0 Å². The van der Waals surface area contributed by atoms with Crippen molar-refractivity contribution in [2.75, 3.05) is 25.0 Å². The summed E-state index contributed by atoms with van der Waals surface area (Å²) in [7, 11) is 0. The van der Waals surface area contributed by atoms with E-state index >= 15 is 0 Å². The van der Waals surface area contributed by atoms with Crippen molar-refractivity contribution >= 4 is 38.5 Å². The fraction of sp³-hybridized carbons (Fsp3) is 0.471. The molecular formula is C34H39N7O4S. The highest BCUT2D eigenvalue weighted by Crippen LogP contribution is 2.36. The second-order valence-electron chi connectivity index (χ2n) is 12.8. The number of aryl methyl sites for hydroxylation is 1. The van der Waals surface area contributed by atoms with Crippen LogP contribution in [0, 0.1) is 12.8 Å². The Morgan fingerprint density at radius 2 is 1.87 bits per heavy atom. The molecule has 0 spiro atoms. The SMILES string of the molecule is Cc1ccc(C(=O)N2CCN([C@H]3C[C@@H](C(=O)Nc4nc5ccc(-c6cnc(CO[C@H]7CCC[C@@H]7O)nc6)cc5s4)C3)[C@@H](C)C2)cn1. The second-order valence-corrected chi connectivity index (χ2v) is 13.8. The number of rotatable bonds is 8. The van der Waals surface area contributed by atoms with Gasteiger partial charge in [-0.1, -0.05) is 17.4 Å². The molecule has 7 rings (SSSR count). The zero-order chi connectivity index (χ0) is 31.8. The van der Waals surface area contributed by atoms with Crippen molar-refractivity contribution in [3.63, 3.8) is 0 Å². The number of carbonyl (C=O) groups excluding carboxylic acids is 2. The zero-order valence-electron chi connectivity index (χ0n) is 26.1. The number of carbonyl (C=O) groups is 2. The Morgan fingerprint density at radius 3 is 2.59 bits per heavy atom. The number of anilines is 1. The smallest absolute Gasteiger partial charge is 0.255 e. The highest BCUT2D eigenvalue weighted by Gasteiger charge is 2.41. The number of piperazine rings is 1. The molecule has 11 nitrogen and oxygen atoms in total. The van der Waals surface area contributed by atoms with Crippen molar-refractivity contribution in [2.24, 2.45) is 5.92 Å². The summed E-state index contributed by atoms with van der Waals surface area (Å²) in [6.45, 7) is 6.50. The monoisotopic (exact) mass is 641 g/mol. The van der Waals surface area contributed by atoms with E-state index < -0.39 is 6.10 Å². The Labute approximate surface area is 272 Å². The maximum absolute atomic E-state index is 13.1. The van der Waals surface area contributed by atoms with Gasteiger partial charge in [0.2, 0.25) is 5.91 Å². The van der Waals surface area contributed by atoms with Gasteiger partial charge in [-0.3, -0.25) is 19.5 Å². The van der Waals surface area contributed by atoms with E-state index in [4.69, 9.17) is 4.74 Å². The number of aromatic nitrogens is 4. The van der Waals surface area contributed by atoms with Crippen LogP contribution in [0.1, 0.15) is 60.9 Å². The van der Waals surface area contributed by atoms with Crippen molar-refractivity contribution in [1.82, 2.24) is 29.7 Å². The first-order chi connectivity index (χ1) is 22.3. The van der Waals surface area contributed by atoms with Crippen molar-refractivity contribution in [2.45, 2.75) is 76.9 Å². The Bertz CT molecular complexity index is 1710. The quantitative estimate of drug-likeness (QED) is 0.286. The van der Waals surface area contributed by atoms with Crippen molar-refractivity contribution in [1.29, 1.82) is 0 Å². The molecule has 2 N–H and O–H groups in total. The Hall–Kier alpha value is -3.84. The summed E-state index contributed by atoms with van der Waals surface area (Å²) < 4.78 is 6.78. The molecule has 240 valence electrons. The molecule has 0 unspecified atom stereocenters. The first-order valence-corrected chi connectivity index (χ1v) is 16.9. The lowest BCUT2D eigenvalue weighted by Gasteiger charge is -2.49. The number of benzene rings is 1. The molecule has 1 aliphatic heterocycles. The number of nitrogens with one attached hydrogen (secondary N) is 1. The summed E-state index contributed by atoms with van der Waals surface area (Å²) in [5, 5.41) is 13.6. The molecule has 2 aliphatic carbocycles. The van der Waals surface area contributed by atoms with Gasteiger partial charge < -0.3 is 20.1 Å². The maximum Gasteiger partial charge on any atom is 0.255 e. The molecule has 4 heterocycles. The molecule has 0 radical (unpaired) electrons. The molecular weight excluding hydrogens is 602 g/mol. The summed E-state index contributed by atoms with van der Waals surface area (Å²) in [6, 6.07) is 10.3. The standard InChI is InChI=1S/C34H39N7O4S/c1-20-6-7-23(15-35-20)33(44)40-10-11-41(21(2)18-40)26-12-24(13-26)32(43)39-34-38-27-9-8-22(14-30(27)46-34)25-16-36-31(37-17-25)19-45-29-5-3-4-28(29)42/h6-9,14-17,21,24,26,28-29,42H,3-5,10-13,18-19H2,1-2H3,(H,38,39,43)/t21-,24-,26+,28-,29-/m0/s1. The van der Waals surface area contributed by atoms with Crippen molar-refractivity contribution in [3.8, 4) is 11.1 Å². The van der Waals surface area contributed by atoms with E-state index in [1.807, 2.05) is 42.2 Å².